The van der Waals surface area contributed by atoms with Crippen LogP contribution in [-0.4, -0.2) is 30.3 Å². The average Bonchev–Trinajstić information content (AvgIpc) is 3.72. The fraction of sp³-hybridized carbons (Fsp3) is 0.314. The van der Waals surface area contributed by atoms with E-state index in [9.17, 15) is 9.59 Å². The first-order valence-electron chi connectivity index (χ1n) is 14.5. The number of hydrogen-bond donors (Lipinski definition) is 0. The molecule has 6 heteroatoms. The van der Waals surface area contributed by atoms with Crippen LogP contribution in [0, 0.1) is 12.8 Å². The highest BCUT2D eigenvalue weighted by Gasteiger charge is 2.36. The molecule has 0 N–H and O–H groups in total. The Morgan fingerprint density at radius 1 is 0.951 bits per heavy atom. The smallest absolute Gasteiger partial charge is 0.293 e. The summed E-state index contributed by atoms with van der Waals surface area (Å²) in [5, 5.41) is 0. The molecule has 6 nitrogen and oxygen atoms in total. The molecule has 1 atom stereocenters. The van der Waals surface area contributed by atoms with Gasteiger partial charge in [-0.15, -0.1) is 0 Å². The Hall–Kier alpha value is -4.32. The molecule has 1 unspecified atom stereocenters. The molecule has 41 heavy (non-hydrogen) atoms. The third-order valence-electron chi connectivity index (χ3n) is 8.39. The first-order valence-corrected chi connectivity index (χ1v) is 14.5. The minimum atomic E-state index is -0.218. The van der Waals surface area contributed by atoms with Crippen LogP contribution in [0.25, 0.3) is 0 Å². The number of aryl methyl sites for hydroxylation is 1. The van der Waals surface area contributed by atoms with E-state index >= 15 is 0 Å². The van der Waals surface area contributed by atoms with Crippen LogP contribution in [-0.2, 0) is 17.8 Å². The van der Waals surface area contributed by atoms with E-state index in [1.165, 1.54) is 11.1 Å². The number of ether oxygens (including phenoxy) is 1. The molecule has 0 saturated heterocycles. The lowest BCUT2D eigenvalue weighted by atomic mass is 9.86. The van der Waals surface area contributed by atoms with Gasteiger partial charge in [-0.2, -0.15) is 0 Å². The van der Waals surface area contributed by atoms with Crippen LogP contribution in [0.1, 0.15) is 70.3 Å². The van der Waals surface area contributed by atoms with Gasteiger partial charge in [0.2, 0.25) is 5.91 Å². The third kappa shape index (κ3) is 5.64. The number of amides is 2. The van der Waals surface area contributed by atoms with Crippen molar-refractivity contribution in [3.63, 3.8) is 0 Å². The van der Waals surface area contributed by atoms with E-state index in [0.29, 0.717) is 11.5 Å². The number of carbonyl (C=O) groups excluding carboxylic acids is 2. The van der Waals surface area contributed by atoms with Crippen molar-refractivity contribution in [1.29, 1.82) is 0 Å². The Labute approximate surface area is 241 Å². The van der Waals surface area contributed by atoms with Gasteiger partial charge in [-0.25, -0.2) is 0 Å². The van der Waals surface area contributed by atoms with E-state index in [4.69, 9.17) is 9.15 Å². The van der Waals surface area contributed by atoms with E-state index in [1.54, 1.807) is 24.1 Å². The van der Waals surface area contributed by atoms with Gasteiger partial charge < -0.3 is 19.0 Å². The summed E-state index contributed by atoms with van der Waals surface area (Å²) in [5.41, 5.74) is 5.46. The van der Waals surface area contributed by atoms with Gasteiger partial charge in [0.1, 0.15) is 18.1 Å². The Bertz CT molecular complexity index is 1540. The fourth-order valence-corrected chi connectivity index (χ4v) is 6.19. The molecule has 1 aliphatic heterocycles. The van der Waals surface area contributed by atoms with Gasteiger partial charge in [0, 0.05) is 25.2 Å². The van der Waals surface area contributed by atoms with Crippen molar-refractivity contribution < 1.29 is 18.7 Å². The van der Waals surface area contributed by atoms with E-state index in [-0.39, 0.29) is 36.1 Å². The van der Waals surface area contributed by atoms with Gasteiger partial charge in [-0.1, -0.05) is 66.9 Å². The highest BCUT2D eigenvalue weighted by Crippen LogP contribution is 2.40. The van der Waals surface area contributed by atoms with Crippen molar-refractivity contribution in [2.24, 2.45) is 5.92 Å². The Morgan fingerprint density at radius 2 is 1.76 bits per heavy atom. The molecule has 0 spiro atoms. The largest absolute Gasteiger partial charge is 0.486 e. The summed E-state index contributed by atoms with van der Waals surface area (Å²) in [4.78, 5) is 30.3. The zero-order valence-corrected chi connectivity index (χ0v) is 23.7. The van der Waals surface area contributed by atoms with E-state index in [2.05, 4.69) is 48.2 Å². The zero-order chi connectivity index (χ0) is 28.3. The maximum absolute atomic E-state index is 13.7. The highest BCUT2D eigenvalue weighted by molar-refractivity contribution is 6.03. The molecular formula is C35H36N2O4. The number of anilines is 1. The summed E-state index contributed by atoms with van der Waals surface area (Å²) in [6.07, 6.45) is 5.07. The van der Waals surface area contributed by atoms with E-state index in [1.807, 2.05) is 36.4 Å². The number of nitrogens with zero attached hydrogens (tertiary/aromatic N) is 2. The predicted octanol–water partition coefficient (Wildman–Crippen LogP) is 7.11. The lowest BCUT2D eigenvalue weighted by molar-refractivity contribution is -0.137. The normalized spacial score (nSPS) is 16.8. The van der Waals surface area contributed by atoms with Crippen molar-refractivity contribution in [2.45, 2.75) is 51.7 Å². The van der Waals surface area contributed by atoms with Crippen LogP contribution in [0.2, 0.25) is 0 Å². The maximum Gasteiger partial charge on any atom is 0.293 e. The summed E-state index contributed by atoms with van der Waals surface area (Å²) in [6, 6.07) is 27.5. The second-order valence-corrected chi connectivity index (χ2v) is 11.2. The molecule has 1 fully saturated rings. The summed E-state index contributed by atoms with van der Waals surface area (Å²) >= 11 is 0. The predicted molar refractivity (Wildman–Crippen MR) is 159 cm³/mol. The first-order chi connectivity index (χ1) is 20.0. The Kier molecular flexibility index (Phi) is 7.64. The SMILES string of the molecule is Cc1cccc(C2c3cc(OCc4ccc(C(=O)N(C)c5ccccc5)o4)ccc3CCN2C(=O)C2CCCC2)c1. The van der Waals surface area contributed by atoms with Crippen LogP contribution >= 0.6 is 0 Å². The minimum Gasteiger partial charge on any atom is -0.486 e. The zero-order valence-electron chi connectivity index (χ0n) is 23.7. The maximum atomic E-state index is 13.7. The number of benzene rings is 3. The van der Waals surface area contributed by atoms with Crippen LogP contribution in [0.5, 0.6) is 5.75 Å². The molecule has 2 heterocycles. The van der Waals surface area contributed by atoms with Crippen LogP contribution in [0.15, 0.2) is 89.3 Å². The molecule has 1 saturated carbocycles. The Morgan fingerprint density at radius 3 is 2.54 bits per heavy atom. The van der Waals surface area contributed by atoms with Crippen LogP contribution in [0.4, 0.5) is 5.69 Å². The molecular weight excluding hydrogens is 512 g/mol. The monoisotopic (exact) mass is 548 g/mol. The average molecular weight is 549 g/mol. The number of carbonyl (C=O) groups is 2. The van der Waals surface area contributed by atoms with Crippen molar-refractivity contribution in [1.82, 2.24) is 4.90 Å². The topological polar surface area (TPSA) is 63.0 Å². The molecule has 6 rings (SSSR count). The number of fused-ring (bicyclic) bond motifs is 1. The molecule has 2 amide bonds. The summed E-state index contributed by atoms with van der Waals surface area (Å²) in [5.74, 6) is 1.73. The van der Waals surface area contributed by atoms with Crippen molar-refractivity contribution in [2.75, 3.05) is 18.5 Å². The molecule has 0 radical (unpaired) electrons. The molecule has 4 aromatic rings. The first kappa shape index (κ1) is 26.9. The standard InChI is InChI=1S/C35H36N2O4/c1-24-9-8-12-27(21-24)33-31-22-29(16-15-25(31)19-20-37(33)34(38)26-10-6-7-11-26)40-23-30-17-18-32(41-30)35(39)36(2)28-13-4-3-5-14-28/h3-5,8-9,12-18,21-22,26,33H,6-7,10-11,19-20,23H2,1-2H3. The van der Waals surface area contributed by atoms with Gasteiger partial charge >= 0.3 is 0 Å². The molecule has 2 aliphatic rings. The second kappa shape index (κ2) is 11.7. The van der Waals surface area contributed by atoms with Crippen molar-refractivity contribution in [3.05, 3.63) is 119 Å². The lowest BCUT2D eigenvalue weighted by Crippen LogP contribution is -2.43. The summed E-state index contributed by atoms with van der Waals surface area (Å²) < 4.78 is 12.0. The van der Waals surface area contributed by atoms with E-state index < -0.39 is 0 Å². The highest BCUT2D eigenvalue weighted by atomic mass is 16.5. The minimum absolute atomic E-state index is 0.125. The van der Waals surface area contributed by atoms with Crippen LogP contribution < -0.4 is 9.64 Å². The fourth-order valence-electron chi connectivity index (χ4n) is 6.19. The molecule has 1 aliphatic carbocycles. The summed E-state index contributed by atoms with van der Waals surface area (Å²) in [7, 11) is 1.73. The van der Waals surface area contributed by atoms with Gasteiger partial charge in [0.25, 0.3) is 5.91 Å². The van der Waals surface area contributed by atoms with Gasteiger partial charge in [0.05, 0.1) is 6.04 Å². The van der Waals surface area contributed by atoms with Gasteiger partial charge in [-0.3, -0.25) is 9.59 Å². The summed E-state index contributed by atoms with van der Waals surface area (Å²) in [6.45, 7) is 3.01. The Balaban J connectivity index is 1.22. The number of para-hydroxylation sites is 1. The van der Waals surface area contributed by atoms with E-state index in [0.717, 1.165) is 55.5 Å². The van der Waals surface area contributed by atoms with Crippen molar-refractivity contribution in [3.8, 4) is 5.75 Å². The quantitative estimate of drug-likeness (QED) is 0.247. The second-order valence-electron chi connectivity index (χ2n) is 11.2. The lowest BCUT2D eigenvalue weighted by Gasteiger charge is -2.39. The van der Waals surface area contributed by atoms with Crippen molar-refractivity contribution >= 4 is 17.5 Å². The molecule has 210 valence electrons. The molecule has 0 bridgehead atoms. The molecule has 1 aromatic heterocycles. The van der Waals surface area contributed by atoms with Gasteiger partial charge in [0.15, 0.2) is 5.76 Å². The number of rotatable bonds is 7. The van der Waals surface area contributed by atoms with Crippen LogP contribution in [0.3, 0.4) is 0 Å². The number of hydrogen-bond acceptors (Lipinski definition) is 4. The molecule has 3 aromatic carbocycles. The third-order valence-corrected chi connectivity index (χ3v) is 8.39. The van der Waals surface area contributed by atoms with Gasteiger partial charge in [-0.05, 0) is 79.3 Å². The number of furan rings is 1.